The fraction of sp³-hybridized carbons (Fsp3) is 0.500. The number of piperidine rings is 2. The van der Waals surface area contributed by atoms with Gasteiger partial charge in [0.15, 0.2) is 16.9 Å². The first-order valence-corrected chi connectivity index (χ1v) is 25.9. The molecule has 0 unspecified atom stereocenters. The van der Waals surface area contributed by atoms with Crippen LogP contribution >= 0.6 is 45.5 Å². The number of anilines is 1. The SMILES string of the molecule is CC(C)(C)c1nc2ccc(Cl)c(S(=O)(=O)Cl)c2o1.COC1CCN(S(=O)(=O)c2c(Cl)ccc(N)c2O)CC1.COC1CCN(S(=O)(=O)c2c(Cl)ccc3nc(C(C)(C)C)oc23)CC1. The molecule has 7 rings (SSSR count). The van der Waals surface area contributed by atoms with Crippen molar-refractivity contribution in [2.24, 2.45) is 0 Å². The molecular formula is C40H51Cl4N5O11S3. The molecule has 0 bridgehead atoms. The smallest absolute Gasteiger partial charge is 0.266 e. The molecule has 2 saturated heterocycles. The summed E-state index contributed by atoms with van der Waals surface area (Å²) in [7, 11) is -3.00. The highest BCUT2D eigenvalue weighted by Gasteiger charge is 2.36. The summed E-state index contributed by atoms with van der Waals surface area (Å²) in [5, 5.41) is 10.0. The highest BCUT2D eigenvalue weighted by molar-refractivity contribution is 8.14. The van der Waals surface area contributed by atoms with Gasteiger partial charge < -0.3 is 29.1 Å². The zero-order valence-corrected chi connectivity index (χ0v) is 41.4. The molecule has 348 valence electrons. The molecule has 2 aromatic heterocycles. The van der Waals surface area contributed by atoms with Gasteiger partial charge in [-0.3, -0.25) is 0 Å². The molecule has 3 N–H and O–H groups in total. The lowest BCUT2D eigenvalue weighted by atomic mass is 9.97. The van der Waals surface area contributed by atoms with Gasteiger partial charge in [-0.1, -0.05) is 76.3 Å². The van der Waals surface area contributed by atoms with Crippen molar-refractivity contribution in [2.75, 3.05) is 46.1 Å². The van der Waals surface area contributed by atoms with Crippen molar-refractivity contribution in [3.05, 3.63) is 63.2 Å². The lowest BCUT2D eigenvalue weighted by Gasteiger charge is -2.30. The molecule has 2 aliphatic heterocycles. The Balaban J connectivity index is 0.000000181. The van der Waals surface area contributed by atoms with E-state index in [9.17, 15) is 30.4 Å². The van der Waals surface area contributed by atoms with Gasteiger partial charge in [0, 0.05) is 61.9 Å². The van der Waals surface area contributed by atoms with Crippen molar-refractivity contribution in [1.29, 1.82) is 0 Å². The number of sulfonamides is 2. The van der Waals surface area contributed by atoms with Crippen LogP contribution < -0.4 is 5.73 Å². The Bertz CT molecular complexity index is 2790. The number of fused-ring (bicyclic) bond motifs is 2. The van der Waals surface area contributed by atoms with Crippen LogP contribution in [0.15, 0.2) is 59.9 Å². The fourth-order valence-corrected chi connectivity index (χ4v) is 12.5. The van der Waals surface area contributed by atoms with E-state index in [1.807, 2.05) is 41.5 Å². The minimum Gasteiger partial charge on any atom is -0.504 e. The van der Waals surface area contributed by atoms with Crippen LogP contribution in [0.2, 0.25) is 15.1 Å². The largest absolute Gasteiger partial charge is 0.504 e. The van der Waals surface area contributed by atoms with Crippen LogP contribution in [-0.2, 0) is 49.4 Å². The minimum atomic E-state index is -3.99. The Kier molecular flexibility index (Phi) is 15.8. The predicted octanol–water partition coefficient (Wildman–Crippen LogP) is 8.71. The van der Waals surface area contributed by atoms with Crippen LogP contribution in [0.3, 0.4) is 0 Å². The third kappa shape index (κ3) is 11.4. The molecule has 0 atom stereocenters. The average molecular weight is 1020 g/mol. The number of rotatable bonds is 7. The van der Waals surface area contributed by atoms with Crippen LogP contribution in [-0.4, -0.2) is 102 Å². The van der Waals surface area contributed by atoms with Crippen molar-refractivity contribution < 1.29 is 48.7 Å². The molecule has 0 saturated carbocycles. The predicted molar refractivity (Wildman–Crippen MR) is 244 cm³/mol. The van der Waals surface area contributed by atoms with Gasteiger partial charge in [-0.25, -0.2) is 35.2 Å². The van der Waals surface area contributed by atoms with Crippen molar-refractivity contribution >= 4 is 102 Å². The second-order valence-electron chi connectivity index (χ2n) is 16.9. The summed E-state index contributed by atoms with van der Waals surface area (Å²) in [4.78, 5) is 8.14. The number of hydrogen-bond donors (Lipinski definition) is 2. The average Bonchev–Trinajstić information content (AvgIpc) is 3.85. The van der Waals surface area contributed by atoms with Gasteiger partial charge in [0.05, 0.1) is 33.0 Å². The first-order valence-electron chi connectivity index (χ1n) is 19.6. The number of halogens is 4. The van der Waals surface area contributed by atoms with E-state index in [4.69, 9.17) is 69.5 Å². The maximum atomic E-state index is 13.2. The molecule has 4 heterocycles. The summed E-state index contributed by atoms with van der Waals surface area (Å²) in [5.74, 6) is 0.423. The topological polar surface area (TPSA) is 226 Å². The summed E-state index contributed by atoms with van der Waals surface area (Å²) >= 11 is 18.0. The normalized spacial score (nSPS) is 16.8. The molecule has 0 amide bonds. The molecule has 23 heteroatoms. The van der Waals surface area contributed by atoms with E-state index < -0.39 is 34.8 Å². The molecule has 16 nitrogen and oxygen atoms in total. The zero-order valence-electron chi connectivity index (χ0n) is 35.9. The van der Waals surface area contributed by atoms with Gasteiger partial charge in [-0.05, 0) is 62.1 Å². The van der Waals surface area contributed by atoms with E-state index in [0.29, 0.717) is 74.7 Å². The van der Waals surface area contributed by atoms with Crippen LogP contribution in [0.4, 0.5) is 5.69 Å². The number of nitrogen functional groups attached to an aromatic ring is 1. The molecule has 63 heavy (non-hydrogen) atoms. The quantitative estimate of drug-likeness (QED) is 0.0884. The molecule has 5 aromatic rings. The lowest BCUT2D eigenvalue weighted by molar-refractivity contribution is 0.0602. The number of benzene rings is 3. The third-order valence-corrected chi connectivity index (χ3v) is 16.8. The molecule has 0 aliphatic carbocycles. The Morgan fingerprint density at radius 1 is 0.635 bits per heavy atom. The van der Waals surface area contributed by atoms with Gasteiger partial charge >= 0.3 is 0 Å². The highest BCUT2D eigenvalue weighted by Crippen LogP contribution is 2.39. The number of phenols is 1. The van der Waals surface area contributed by atoms with E-state index in [-0.39, 0.29) is 69.6 Å². The molecule has 2 aliphatic rings. The number of methoxy groups -OCH3 is 2. The van der Waals surface area contributed by atoms with E-state index in [1.54, 1.807) is 32.4 Å². The first kappa shape index (κ1) is 51.0. The number of oxazole rings is 2. The Morgan fingerprint density at radius 2 is 0.984 bits per heavy atom. The van der Waals surface area contributed by atoms with Crippen LogP contribution in [0.5, 0.6) is 5.75 Å². The monoisotopic (exact) mass is 1010 g/mol. The van der Waals surface area contributed by atoms with Crippen molar-refractivity contribution in [1.82, 2.24) is 18.6 Å². The van der Waals surface area contributed by atoms with Crippen molar-refractivity contribution in [2.45, 2.75) is 105 Å². The van der Waals surface area contributed by atoms with Gasteiger partial charge in [0.1, 0.15) is 25.7 Å². The Hall–Kier alpha value is -2.95. The summed E-state index contributed by atoms with van der Waals surface area (Å²) in [6.07, 6.45) is 2.69. The van der Waals surface area contributed by atoms with Gasteiger partial charge in [-0.2, -0.15) is 8.61 Å². The summed E-state index contributed by atoms with van der Waals surface area (Å²) in [5.41, 5.74) is 6.12. The Labute approximate surface area is 387 Å². The van der Waals surface area contributed by atoms with Gasteiger partial charge in [0.2, 0.25) is 31.8 Å². The maximum absolute atomic E-state index is 13.2. The van der Waals surface area contributed by atoms with Crippen LogP contribution in [0, 0.1) is 0 Å². The number of ether oxygens (including phenoxy) is 2. The summed E-state index contributed by atoms with van der Waals surface area (Å²) in [6, 6.07) is 9.02. The third-order valence-electron chi connectivity index (χ3n) is 10.2. The molecule has 0 spiro atoms. The first-order chi connectivity index (χ1) is 29.1. The number of aromatic nitrogens is 2. The van der Waals surface area contributed by atoms with E-state index in [0.717, 1.165) is 0 Å². The van der Waals surface area contributed by atoms with Crippen molar-refractivity contribution in [3.8, 4) is 5.75 Å². The van der Waals surface area contributed by atoms with Crippen molar-refractivity contribution in [3.63, 3.8) is 0 Å². The van der Waals surface area contributed by atoms with E-state index >= 15 is 0 Å². The standard InChI is InChI=1S/C17H23ClN2O4S.C12H17ClN2O4S.C11H11Cl2NO3S/c1-17(2,3)16-19-13-6-5-12(18)15(14(13)24-16)25(21,22)20-9-7-11(23-4)8-10-20;1-19-8-4-6-15(7-5-8)20(17,18)12-9(13)2-3-10(14)11(12)16;1-11(2,3)10-14-7-5-4-6(12)9(8(7)17-10)18(13,15)16/h5-6,11H,7-10H2,1-4H3;2-3,8,16H,4-7,14H2,1H3;4-5H,1-3H3. The van der Waals surface area contributed by atoms with Gasteiger partial charge in [0.25, 0.3) is 9.05 Å². The molecule has 0 radical (unpaired) electrons. The lowest BCUT2D eigenvalue weighted by Crippen LogP contribution is -2.40. The molecule has 2 fully saturated rings. The van der Waals surface area contributed by atoms with Crippen LogP contribution in [0.1, 0.15) is 79.0 Å². The molecule has 3 aromatic carbocycles. The minimum absolute atomic E-state index is 0.00512. The zero-order chi connectivity index (χ0) is 47.0. The second kappa shape index (κ2) is 19.5. The summed E-state index contributed by atoms with van der Waals surface area (Å²) in [6.45, 7) is 13.1. The Morgan fingerprint density at radius 3 is 1.37 bits per heavy atom. The number of hydrogen-bond acceptors (Lipinski definition) is 14. The summed E-state index contributed by atoms with van der Waals surface area (Å²) < 4.78 is 99.2. The number of phenolic OH excluding ortho intramolecular Hbond substituents is 1. The number of nitrogens with zero attached hydrogens (tertiary/aromatic N) is 4. The van der Waals surface area contributed by atoms with E-state index in [1.165, 1.54) is 26.8 Å². The molecular weight excluding hydrogens is 964 g/mol. The highest BCUT2D eigenvalue weighted by atomic mass is 35.7. The second-order valence-corrected chi connectivity index (χ2v) is 24.4. The number of nitrogens with two attached hydrogens (primary N) is 1. The van der Waals surface area contributed by atoms with E-state index in [2.05, 4.69) is 9.97 Å². The van der Waals surface area contributed by atoms with Crippen LogP contribution in [0.25, 0.3) is 22.2 Å². The number of aromatic hydroxyl groups is 1. The van der Waals surface area contributed by atoms with Gasteiger partial charge in [-0.15, -0.1) is 0 Å². The fourth-order valence-electron chi connectivity index (χ4n) is 6.68. The maximum Gasteiger partial charge on any atom is 0.266 e.